The second kappa shape index (κ2) is 5.49. The molecule has 0 bridgehead atoms. The molecule has 1 aliphatic carbocycles. The van der Waals surface area contributed by atoms with Crippen LogP contribution in [0.15, 0.2) is 24.3 Å². The number of hydrogen-bond acceptors (Lipinski definition) is 1. The van der Waals surface area contributed by atoms with E-state index in [1.165, 1.54) is 43.2 Å². The van der Waals surface area contributed by atoms with Crippen molar-refractivity contribution in [2.75, 3.05) is 6.54 Å². The molecule has 1 aliphatic rings. The summed E-state index contributed by atoms with van der Waals surface area (Å²) in [5.41, 5.74) is 8.62. The van der Waals surface area contributed by atoms with Gasteiger partial charge in [0.25, 0.3) is 0 Å². The lowest BCUT2D eigenvalue weighted by atomic mass is 9.93. The van der Waals surface area contributed by atoms with E-state index < -0.39 is 0 Å². The smallest absolute Gasteiger partial charge is 0.00109 e. The molecule has 0 heterocycles. The maximum absolute atomic E-state index is 5.72. The molecule has 0 aliphatic heterocycles. The van der Waals surface area contributed by atoms with Crippen LogP contribution < -0.4 is 5.73 Å². The van der Waals surface area contributed by atoms with Crippen molar-refractivity contribution in [3.05, 3.63) is 35.4 Å². The van der Waals surface area contributed by atoms with Crippen LogP contribution in [-0.4, -0.2) is 6.54 Å². The van der Waals surface area contributed by atoms with Crippen LogP contribution in [0.5, 0.6) is 0 Å². The third-order valence-electron chi connectivity index (χ3n) is 3.87. The van der Waals surface area contributed by atoms with Gasteiger partial charge in [-0.2, -0.15) is 0 Å². The molecular weight excluding hydrogens is 194 g/mol. The molecule has 1 nitrogen and oxygen atoms in total. The van der Waals surface area contributed by atoms with Crippen LogP contribution in [0.4, 0.5) is 0 Å². The summed E-state index contributed by atoms with van der Waals surface area (Å²) in [4.78, 5) is 0. The molecule has 1 saturated carbocycles. The first-order chi connectivity index (χ1) is 7.79. The predicted molar refractivity (Wildman–Crippen MR) is 69.6 cm³/mol. The Bertz CT molecular complexity index is 326. The Morgan fingerprint density at radius 1 is 1.31 bits per heavy atom. The quantitative estimate of drug-likeness (QED) is 0.821. The Kier molecular flexibility index (Phi) is 4.00. The molecule has 0 radical (unpaired) electrons. The summed E-state index contributed by atoms with van der Waals surface area (Å²) in [5.74, 6) is 1.42. The van der Waals surface area contributed by atoms with Gasteiger partial charge in [0.2, 0.25) is 0 Å². The first-order valence-corrected chi connectivity index (χ1v) is 6.58. The minimum absolute atomic E-state index is 0.489. The molecule has 0 aromatic heterocycles. The lowest BCUT2D eigenvalue weighted by Crippen LogP contribution is -2.09. The summed E-state index contributed by atoms with van der Waals surface area (Å²) in [6, 6.07) is 9.02. The van der Waals surface area contributed by atoms with Gasteiger partial charge in [0.1, 0.15) is 0 Å². The predicted octanol–water partition coefficient (Wildman–Crippen LogP) is 3.48. The van der Waals surface area contributed by atoms with Gasteiger partial charge in [-0.05, 0) is 35.9 Å². The maximum atomic E-state index is 5.72. The minimum atomic E-state index is 0.489. The van der Waals surface area contributed by atoms with Crippen LogP contribution in [0.2, 0.25) is 0 Å². The summed E-state index contributed by atoms with van der Waals surface area (Å²) in [6.45, 7) is 2.95. The van der Waals surface area contributed by atoms with E-state index in [-0.39, 0.29) is 0 Å². The molecule has 0 amide bonds. The number of hydrogen-bond donors (Lipinski definition) is 1. The molecule has 88 valence electrons. The van der Waals surface area contributed by atoms with Crippen LogP contribution >= 0.6 is 0 Å². The molecule has 1 heteroatoms. The number of nitrogens with two attached hydrogens (primary N) is 1. The summed E-state index contributed by atoms with van der Waals surface area (Å²) in [6.07, 6.45) is 6.99. The van der Waals surface area contributed by atoms with E-state index in [0.29, 0.717) is 5.92 Å². The zero-order chi connectivity index (χ0) is 11.4. The largest absolute Gasteiger partial charge is 0.330 e. The Hall–Kier alpha value is -0.820. The van der Waals surface area contributed by atoms with E-state index in [2.05, 4.69) is 31.2 Å². The van der Waals surface area contributed by atoms with Gasteiger partial charge in [-0.3, -0.25) is 0 Å². The molecule has 0 saturated heterocycles. The van der Waals surface area contributed by atoms with Gasteiger partial charge in [0, 0.05) is 0 Å². The topological polar surface area (TPSA) is 26.0 Å². The zero-order valence-electron chi connectivity index (χ0n) is 10.3. The molecule has 2 N–H and O–H groups in total. The van der Waals surface area contributed by atoms with Gasteiger partial charge in [-0.1, -0.05) is 56.9 Å². The van der Waals surface area contributed by atoms with Crippen LogP contribution in [0.25, 0.3) is 0 Å². The van der Waals surface area contributed by atoms with Crippen molar-refractivity contribution >= 4 is 0 Å². The van der Waals surface area contributed by atoms with Crippen LogP contribution in [0.1, 0.15) is 49.7 Å². The first kappa shape index (κ1) is 11.7. The van der Waals surface area contributed by atoms with Crippen molar-refractivity contribution in [3.63, 3.8) is 0 Å². The Morgan fingerprint density at radius 3 is 2.75 bits per heavy atom. The monoisotopic (exact) mass is 217 g/mol. The highest BCUT2D eigenvalue weighted by atomic mass is 14.5. The van der Waals surface area contributed by atoms with Crippen LogP contribution in [0.3, 0.4) is 0 Å². The molecule has 1 unspecified atom stereocenters. The van der Waals surface area contributed by atoms with Gasteiger partial charge in [-0.25, -0.2) is 0 Å². The second-order valence-corrected chi connectivity index (χ2v) is 5.24. The van der Waals surface area contributed by atoms with Gasteiger partial charge in [-0.15, -0.1) is 0 Å². The van der Waals surface area contributed by atoms with Gasteiger partial charge >= 0.3 is 0 Å². The summed E-state index contributed by atoms with van der Waals surface area (Å²) >= 11 is 0. The molecule has 1 atom stereocenters. The fraction of sp³-hybridized carbons (Fsp3) is 0.600. The van der Waals surface area contributed by atoms with Crippen LogP contribution in [-0.2, 0) is 6.42 Å². The maximum Gasteiger partial charge on any atom is -0.00109 e. The highest BCUT2D eigenvalue weighted by molar-refractivity contribution is 5.26. The fourth-order valence-electron chi connectivity index (χ4n) is 2.71. The molecular formula is C15H23N. The first-order valence-electron chi connectivity index (χ1n) is 6.58. The number of rotatable bonds is 4. The van der Waals surface area contributed by atoms with Gasteiger partial charge in [0.15, 0.2) is 0 Å². The SMILES string of the molecule is CC(CN)c1cccc(CC2CCCC2)c1. The van der Waals surface area contributed by atoms with E-state index in [1.807, 2.05) is 0 Å². The lowest BCUT2D eigenvalue weighted by molar-refractivity contribution is 0.546. The lowest BCUT2D eigenvalue weighted by Gasteiger charge is -2.13. The van der Waals surface area contributed by atoms with Gasteiger partial charge < -0.3 is 5.73 Å². The summed E-state index contributed by atoms with van der Waals surface area (Å²) in [7, 11) is 0. The standard InChI is InChI=1S/C15H23N/c1-12(11-16)15-8-4-7-14(10-15)9-13-5-2-3-6-13/h4,7-8,10,12-13H,2-3,5-6,9,11,16H2,1H3. The normalized spacial score (nSPS) is 18.9. The van der Waals surface area contributed by atoms with E-state index >= 15 is 0 Å². The molecule has 1 aromatic rings. The number of benzene rings is 1. The van der Waals surface area contributed by atoms with Crippen molar-refractivity contribution in [1.82, 2.24) is 0 Å². The summed E-state index contributed by atoms with van der Waals surface area (Å²) in [5, 5.41) is 0. The molecule has 1 fully saturated rings. The minimum Gasteiger partial charge on any atom is -0.330 e. The molecule has 2 rings (SSSR count). The van der Waals surface area contributed by atoms with E-state index in [9.17, 15) is 0 Å². The Balaban J connectivity index is 2.03. The summed E-state index contributed by atoms with van der Waals surface area (Å²) < 4.78 is 0. The molecule has 16 heavy (non-hydrogen) atoms. The molecule has 0 spiro atoms. The van der Waals surface area contributed by atoms with E-state index in [4.69, 9.17) is 5.73 Å². The second-order valence-electron chi connectivity index (χ2n) is 5.24. The third kappa shape index (κ3) is 2.85. The van der Waals surface area contributed by atoms with E-state index in [1.54, 1.807) is 0 Å². The van der Waals surface area contributed by atoms with E-state index in [0.717, 1.165) is 12.5 Å². The van der Waals surface area contributed by atoms with Crippen molar-refractivity contribution in [2.45, 2.75) is 44.9 Å². The average molecular weight is 217 g/mol. The van der Waals surface area contributed by atoms with Crippen LogP contribution in [0, 0.1) is 5.92 Å². The Morgan fingerprint density at radius 2 is 2.06 bits per heavy atom. The Labute approximate surface area is 99.0 Å². The highest BCUT2D eigenvalue weighted by Crippen LogP contribution is 2.28. The van der Waals surface area contributed by atoms with Crippen molar-refractivity contribution in [2.24, 2.45) is 11.7 Å². The third-order valence-corrected chi connectivity index (χ3v) is 3.87. The van der Waals surface area contributed by atoms with Crippen molar-refractivity contribution in [3.8, 4) is 0 Å². The van der Waals surface area contributed by atoms with Crippen molar-refractivity contribution < 1.29 is 0 Å². The zero-order valence-corrected chi connectivity index (χ0v) is 10.3. The molecule has 1 aromatic carbocycles. The highest BCUT2D eigenvalue weighted by Gasteiger charge is 2.15. The fourth-order valence-corrected chi connectivity index (χ4v) is 2.71. The average Bonchev–Trinajstić information content (AvgIpc) is 2.81. The van der Waals surface area contributed by atoms with Crippen molar-refractivity contribution in [1.29, 1.82) is 0 Å². The van der Waals surface area contributed by atoms with Gasteiger partial charge in [0.05, 0.1) is 0 Å².